The first-order chi connectivity index (χ1) is 13.1. The van der Waals surface area contributed by atoms with Crippen LogP contribution >= 0.6 is 0 Å². The molecule has 1 heterocycles. The Morgan fingerprint density at radius 1 is 1.19 bits per heavy atom. The van der Waals surface area contributed by atoms with Crippen molar-refractivity contribution in [3.8, 4) is 5.75 Å². The molecule has 1 saturated carbocycles. The molecule has 1 aliphatic heterocycles. The first-order valence-corrected chi connectivity index (χ1v) is 9.08. The Morgan fingerprint density at radius 2 is 2.00 bits per heavy atom. The Morgan fingerprint density at radius 3 is 2.78 bits per heavy atom. The van der Waals surface area contributed by atoms with Crippen LogP contribution in [0.15, 0.2) is 54.6 Å². The lowest BCUT2D eigenvalue weighted by Gasteiger charge is -2.17. The molecular formula is C21H21FN2O3. The third-order valence-corrected chi connectivity index (χ3v) is 5.44. The van der Waals surface area contributed by atoms with Crippen LogP contribution in [0.5, 0.6) is 5.75 Å². The molecule has 4 rings (SSSR count). The summed E-state index contributed by atoms with van der Waals surface area (Å²) < 4.78 is 18.8. The molecule has 2 fully saturated rings. The minimum Gasteiger partial charge on any atom is -0.484 e. The molecule has 5 nitrogen and oxygen atoms in total. The molecule has 1 saturated heterocycles. The smallest absolute Gasteiger partial charge is 0.260 e. The van der Waals surface area contributed by atoms with Gasteiger partial charge < -0.3 is 15.0 Å². The average Bonchev–Trinajstić information content (AvgIpc) is 3.21. The molecule has 2 atom stereocenters. The Labute approximate surface area is 157 Å². The number of hydrogen-bond acceptors (Lipinski definition) is 3. The minimum absolute atomic E-state index is 0.000247. The van der Waals surface area contributed by atoms with Crippen molar-refractivity contribution in [1.82, 2.24) is 4.90 Å². The molecule has 1 N–H and O–H groups in total. The number of nitrogens with zero attached hydrogens (tertiary/aromatic N) is 1. The lowest BCUT2D eigenvalue weighted by molar-refractivity contribution is -0.132. The van der Waals surface area contributed by atoms with E-state index in [4.69, 9.17) is 4.74 Å². The van der Waals surface area contributed by atoms with Gasteiger partial charge in [0.15, 0.2) is 6.61 Å². The number of amides is 2. The van der Waals surface area contributed by atoms with E-state index in [9.17, 15) is 14.0 Å². The Kier molecular flexibility index (Phi) is 4.56. The number of carbonyl (C=O) groups is 2. The molecule has 2 aliphatic rings. The van der Waals surface area contributed by atoms with Crippen LogP contribution in [0, 0.1) is 17.2 Å². The van der Waals surface area contributed by atoms with E-state index in [0.717, 1.165) is 12.8 Å². The standard InChI is InChI=1S/C21H21FN2O3/c22-15-5-4-6-16(11-15)23-20(26)18-12-21(18)9-10-24(14-21)19(25)13-27-17-7-2-1-3-8-17/h1-8,11,18H,9-10,12-14H2,(H,23,26)/t18-,21-/m1/s1. The lowest BCUT2D eigenvalue weighted by Crippen LogP contribution is -2.33. The summed E-state index contributed by atoms with van der Waals surface area (Å²) >= 11 is 0. The highest BCUT2D eigenvalue weighted by molar-refractivity contribution is 5.95. The van der Waals surface area contributed by atoms with E-state index >= 15 is 0 Å². The van der Waals surface area contributed by atoms with Crippen LogP contribution in [0.3, 0.4) is 0 Å². The van der Waals surface area contributed by atoms with Gasteiger partial charge in [-0.05, 0) is 43.2 Å². The van der Waals surface area contributed by atoms with Gasteiger partial charge in [-0.3, -0.25) is 9.59 Å². The molecule has 0 bridgehead atoms. The van der Waals surface area contributed by atoms with Gasteiger partial charge in [0.2, 0.25) is 5.91 Å². The number of rotatable bonds is 5. The van der Waals surface area contributed by atoms with Crippen molar-refractivity contribution in [1.29, 1.82) is 0 Å². The Hall–Kier alpha value is -2.89. The summed E-state index contributed by atoms with van der Waals surface area (Å²) in [7, 11) is 0. The number of para-hydroxylation sites is 1. The second-order valence-corrected chi connectivity index (χ2v) is 7.29. The molecule has 1 aliphatic carbocycles. The van der Waals surface area contributed by atoms with Gasteiger partial charge in [-0.1, -0.05) is 24.3 Å². The van der Waals surface area contributed by atoms with E-state index < -0.39 is 0 Å². The molecule has 0 radical (unpaired) electrons. The van der Waals surface area contributed by atoms with E-state index in [2.05, 4.69) is 5.32 Å². The zero-order chi connectivity index (χ0) is 18.9. The largest absolute Gasteiger partial charge is 0.484 e. The Bertz CT molecular complexity index is 858. The topological polar surface area (TPSA) is 58.6 Å². The van der Waals surface area contributed by atoms with Crippen LogP contribution in [0.25, 0.3) is 0 Å². The van der Waals surface area contributed by atoms with Crippen LogP contribution in [-0.4, -0.2) is 36.4 Å². The fourth-order valence-electron chi connectivity index (χ4n) is 3.83. The maximum Gasteiger partial charge on any atom is 0.260 e. The van der Waals surface area contributed by atoms with Gasteiger partial charge in [-0.15, -0.1) is 0 Å². The van der Waals surface area contributed by atoms with E-state index in [1.54, 1.807) is 17.0 Å². The van der Waals surface area contributed by atoms with Gasteiger partial charge in [0.25, 0.3) is 5.91 Å². The summed E-state index contributed by atoms with van der Waals surface area (Å²) in [6.07, 6.45) is 1.57. The molecule has 27 heavy (non-hydrogen) atoms. The van der Waals surface area contributed by atoms with E-state index in [1.807, 2.05) is 30.3 Å². The van der Waals surface area contributed by atoms with Gasteiger partial charge >= 0.3 is 0 Å². The van der Waals surface area contributed by atoms with Crippen molar-refractivity contribution < 1.29 is 18.7 Å². The zero-order valence-corrected chi connectivity index (χ0v) is 14.9. The van der Waals surface area contributed by atoms with Crippen LogP contribution in [0.4, 0.5) is 10.1 Å². The summed E-state index contributed by atoms with van der Waals surface area (Å²) in [5, 5.41) is 2.78. The number of nitrogens with one attached hydrogen (secondary N) is 1. The number of carbonyl (C=O) groups excluding carboxylic acids is 2. The van der Waals surface area contributed by atoms with Crippen molar-refractivity contribution >= 4 is 17.5 Å². The molecule has 2 aromatic rings. The van der Waals surface area contributed by atoms with E-state index in [1.165, 1.54) is 12.1 Å². The predicted molar refractivity (Wildman–Crippen MR) is 98.7 cm³/mol. The number of hydrogen-bond donors (Lipinski definition) is 1. The summed E-state index contributed by atoms with van der Waals surface area (Å²) in [6.45, 7) is 1.21. The number of ether oxygens (including phenoxy) is 1. The Balaban J connectivity index is 1.29. The number of likely N-dealkylation sites (tertiary alicyclic amines) is 1. The fourth-order valence-corrected chi connectivity index (χ4v) is 3.83. The van der Waals surface area contributed by atoms with Crippen molar-refractivity contribution in [3.63, 3.8) is 0 Å². The average molecular weight is 368 g/mol. The lowest BCUT2D eigenvalue weighted by atomic mass is 10.0. The van der Waals surface area contributed by atoms with Crippen molar-refractivity contribution in [2.45, 2.75) is 12.8 Å². The normalized spacial score (nSPS) is 23.3. The van der Waals surface area contributed by atoms with E-state index in [-0.39, 0.29) is 35.6 Å². The number of halogens is 1. The molecule has 2 aromatic carbocycles. The highest BCUT2D eigenvalue weighted by Gasteiger charge is 2.61. The van der Waals surface area contributed by atoms with E-state index in [0.29, 0.717) is 24.5 Å². The second-order valence-electron chi connectivity index (χ2n) is 7.29. The summed E-state index contributed by atoms with van der Waals surface area (Å²) in [6, 6.07) is 15.1. The minimum atomic E-state index is -0.380. The molecule has 6 heteroatoms. The van der Waals surface area contributed by atoms with Crippen LogP contribution in [0.1, 0.15) is 12.8 Å². The number of anilines is 1. The maximum atomic E-state index is 13.3. The van der Waals surface area contributed by atoms with Gasteiger partial charge in [-0.25, -0.2) is 4.39 Å². The monoisotopic (exact) mass is 368 g/mol. The maximum absolute atomic E-state index is 13.3. The van der Waals surface area contributed by atoms with Gasteiger partial charge in [0.05, 0.1) is 0 Å². The third-order valence-electron chi connectivity index (χ3n) is 5.44. The number of benzene rings is 2. The highest BCUT2D eigenvalue weighted by atomic mass is 19.1. The molecule has 1 spiro atoms. The third kappa shape index (κ3) is 3.79. The molecular weight excluding hydrogens is 347 g/mol. The van der Waals surface area contributed by atoms with Crippen LogP contribution in [-0.2, 0) is 9.59 Å². The molecule has 140 valence electrons. The van der Waals surface area contributed by atoms with Crippen molar-refractivity contribution in [2.24, 2.45) is 11.3 Å². The quantitative estimate of drug-likeness (QED) is 0.882. The van der Waals surface area contributed by atoms with Crippen LogP contribution in [0.2, 0.25) is 0 Å². The van der Waals surface area contributed by atoms with Crippen molar-refractivity contribution in [2.75, 3.05) is 25.0 Å². The second kappa shape index (κ2) is 7.02. The summed E-state index contributed by atoms with van der Waals surface area (Å²) in [5.74, 6) is -0.0103. The van der Waals surface area contributed by atoms with Crippen molar-refractivity contribution in [3.05, 3.63) is 60.4 Å². The summed E-state index contributed by atoms with van der Waals surface area (Å²) in [5.41, 5.74) is 0.323. The van der Waals surface area contributed by atoms with Gasteiger partial charge in [-0.2, -0.15) is 0 Å². The predicted octanol–water partition coefficient (Wildman–Crippen LogP) is 3.08. The van der Waals surface area contributed by atoms with Gasteiger partial charge in [0.1, 0.15) is 11.6 Å². The van der Waals surface area contributed by atoms with Gasteiger partial charge in [0, 0.05) is 30.1 Å². The molecule has 2 amide bonds. The molecule has 0 aromatic heterocycles. The van der Waals surface area contributed by atoms with Crippen LogP contribution < -0.4 is 10.1 Å². The first kappa shape index (κ1) is 17.5. The molecule has 0 unspecified atom stereocenters. The zero-order valence-electron chi connectivity index (χ0n) is 14.9. The SMILES string of the molecule is O=C(Nc1cccc(F)c1)[C@H]1C[C@@]12CCN(C(=O)COc1ccccc1)C2. The summed E-state index contributed by atoms with van der Waals surface area (Å²) in [4.78, 5) is 26.6. The fraction of sp³-hybridized carbons (Fsp3) is 0.333. The highest BCUT2D eigenvalue weighted by Crippen LogP contribution is 2.58. The first-order valence-electron chi connectivity index (χ1n) is 9.08.